The van der Waals surface area contributed by atoms with Crippen LogP contribution < -0.4 is 5.32 Å². The van der Waals surface area contributed by atoms with Gasteiger partial charge in [0.2, 0.25) is 0 Å². The van der Waals surface area contributed by atoms with Gasteiger partial charge in [-0.05, 0) is 58.6 Å². The highest BCUT2D eigenvalue weighted by Crippen LogP contribution is 2.33. The van der Waals surface area contributed by atoms with Gasteiger partial charge in [0.05, 0.1) is 5.69 Å². The van der Waals surface area contributed by atoms with Gasteiger partial charge in [-0.15, -0.1) is 0 Å². The van der Waals surface area contributed by atoms with Gasteiger partial charge in [0.1, 0.15) is 0 Å². The number of likely N-dealkylation sites (tertiary alicyclic amines) is 1. The molecule has 21 heavy (non-hydrogen) atoms. The van der Waals surface area contributed by atoms with Gasteiger partial charge in [-0.2, -0.15) is 5.10 Å². The Morgan fingerprint density at radius 1 is 1.38 bits per heavy atom. The smallest absolute Gasteiger partial charge is 0.0596 e. The molecular weight excluding hydrogens is 260 g/mol. The Bertz CT molecular complexity index is 477. The molecule has 1 aromatic heterocycles. The molecule has 118 valence electrons. The van der Waals surface area contributed by atoms with Crippen molar-refractivity contribution in [1.82, 2.24) is 20.0 Å². The van der Waals surface area contributed by atoms with Gasteiger partial charge in [0.15, 0.2) is 0 Å². The van der Waals surface area contributed by atoms with Crippen LogP contribution in [0.3, 0.4) is 0 Å². The maximum atomic E-state index is 4.57. The monoisotopic (exact) mass is 290 g/mol. The van der Waals surface area contributed by atoms with Crippen LogP contribution in [0.4, 0.5) is 0 Å². The van der Waals surface area contributed by atoms with Crippen LogP contribution in [0.5, 0.6) is 0 Å². The fourth-order valence-electron chi connectivity index (χ4n) is 3.71. The molecule has 3 atom stereocenters. The minimum atomic E-state index is 0.619. The van der Waals surface area contributed by atoms with E-state index in [1.165, 1.54) is 31.5 Å². The third kappa shape index (κ3) is 3.67. The Labute approximate surface area is 128 Å². The van der Waals surface area contributed by atoms with Crippen LogP contribution in [0.2, 0.25) is 0 Å². The fourth-order valence-corrected chi connectivity index (χ4v) is 3.71. The van der Waals surface area contributed by atoms with E-state index in [0.717, 1.165) is 30.9 Å². The van der Waals surface area contributed by atoms with Crippen molar-refractivity contribution in [2.24, 2.45) is 5.92 Å². The van der Waals surface area contributed by atoms with Crippen molar-refractivity contribution in [3.8, 4) is 0 Å². The number of nitrogens with one attached hydrogen (secondary N) is 1. The lowest BCUT2D eigenvalue weighted by Gasteiger charge is -2.20. The second-order valence-electron chi connectivity index (χ2n) is 7.33. The van der Waals surface area contributed by atoms with E-state index in [4.69, 9.17) is 0 Å². The molecular formula is C17H30N4. The van der Waals surface area contributed by atoms with E-state index < -0.39 is 0 Å². The van der Waals surface area contributed by atoms with Crippen molar-refractivity contribution >= 4 is 0 Å². The highest BCUT2D eigenvalue weighted by atomic mass is 15.3. The van der Waals surface area contributed by atoms with Crippen LogP contribution in [0.25, 0.3) is 0 Å². The minimum Gasteiger partial charge on any atom is -0.312 e. The second kappa shape index (κ2) is 6.09. The molecule has 0 amide bonds. The first-order chi connectivity index (χ1) is 10.0. The standard InChI is InChI=1S/C17H30N4/c1-12(10-21-15(4)7-13(2)19-21)9-18-16-8-14(3)20(11-16)17-5-6-17/h7,12,14,16-18H,5-6,8-11H2,1-4H3. The van der Waals surface area contributed by atoms with E-state index >= 15 is 0 Å². The first kappa shape index (κ1) is 15.0. The molecule has 3 rings (SSSR count). The Morgan fingerprint density at radius 3 is 2.76 bits per heavy atom. The van der Waals surface area contributed by atoms with Crippen LogP contribution in [0, 0.1) is 19.8 Å². The van der Waals surface area contributed by atoms with E-state index in [9.17, 15) is 0 Å². The molecule has 2 fully saturated rings. The summed E-state index contributed by atoms with van der Waals surface area (Å²) in [4.78, 5) is 2.71. The van der Waals surface area contributed by atoms with Crippen LogP contribution in [-0.4, -0.2) is 45.9 Å². The zero-order valence-corrected chi connectivity index (χ0v) is 14.0. The summed E-state index contributed by atoms with van der Waals surface area (Å²) < 4.78 is 2.15. The highest BCUT2D eigenvalue weighted by Gasteiger charge is 2.38. The molecule has 4 heteroatoms. The minimum absolute atomic E-state index is 0.619. The quantitative estimate of drug-likeness (QED) is 0.873. The Balaban J connectivity index is 1.43. The molecule has 0 spiro atoms. The molecule has 0 aromatic carbocycles. The molecule has 1 saturated carbocycles. The number of nitrogens with zero attached hydrogens (tertiary/aromatic N) is 3. The molecule has 2 aliphatic rings. The molecule has 1 aliphatic heterocycles. The molecule has 3 unspecified atom stereocenters. The number of rotatable bonds is 6. The van der Waals surface area contributed by atoms with Crippen molar-refractivity contribution in [2.75, 3.05) is 13.1 Å². The average molecular weight is 290 g/mol. The maximum absolute atomic E-state index is 4.57. The van der Waals surface area contributed by atoms with Gasteiger partial charge in [-0.1, -0.05) is 6.92 Å². The zero-order valence-electron chi connectivity index (χ0n) is 14.0. The zero-order chi connectivity index (χ0) is 15.0. The van der Waals surface area contributed by atoms with Gasteiger partial charge in [0.25, 0.3) is 0 Å². The van der Waals surface area contributed by atoms with Gasteiger partial charge >= 0.3 is 0 Å². The van der Waals surface area contributed by atoms with E-state index in [-0.39, 0.29) is 0 Å². The largest absolute Gasteiger partial charge is 0.312 e. The molecule has 1 aliphatic carbocycles. The summed E-state index contributed by atoms with van der Waals surface area (Å²) in [7, 11) is 0. The molecule has 1 N–H and O–H groups in total. The van der Waals surface area contributed by atoms with E-state index in [1.807, 2.05) is 0 Å². The average Bonchev–Trinajstić information content (AvgIpc) is 3.12. The first-order valence-electron chi connectivity index (χ1n) is 8.53. The third-order valence-electron chi connectivity index (χ3n) is 4.98. The van der Waals surface area contributed by atoms with Crippen LogP contribution >= 0.6 is 0 Å². The van der Waals surface area contributed by atoms with E-state index in [0.29, 0.717) is 12.0 Å². The van der Waals surface area contributed by atoms with Gasteiger partial charge in [-0.3, -0.25) is 9.58 Å². The second-order valence-corrected chi connectivity index (χ2v) is 7.33. The topological polar surface area (TPSA) is 33.1 Å². The summed E-state index contributed by atoms with van der Waals surface area (Å²) in [6.07, 6.45) is 4.15. The molecule has 2 heterocycles. The lowest BCUT2D eigenvalue weighted by molar-refractivity contribution is 0.254. The number of hydrogen-bond donors (Lipinski definition) is 1. The van der Waals surface area contributed by atoms with Crippen LogP contribution in [0.1, 0.15) is 44.5 Å². The molecule has 4 nitrogen and oxygen atoms in total. The van der Waals surface area contributed by atoms with Crippen molar-refractivity contribution in [3.05, 3.63) is 17.5 Å². The predicted molar refractivity (Wildman–Crippen MR) is 86.5 cm³/mol. The van der Waals surface area contributed by atoms with Crippen LogP contribution in [-0.2, 0) is 6.54 Å². The Kier molecular flexibility index (Phi) is 4.36. The van der Waals surface area contributed by atoms with Crippen molar-refractivity contribution in [2.45, 2.75) is 71.6 Å². The molecule has 1 saturated heterocycles. The summed E-state index contributed by atoms with van der Waals surface area (Å²) >= 11 is 0. The van der Waals surface area contributed by atoms with Gasteiger partial charge < -0.3 is 5.32 Å². The Hall–Kier alpha value is -0.870. The summed E-state index contributed by atoms with van der Waals surface area (Å²) in [5, 5.41) is 8.35. The number of aryl methyl sites for hydroxylation is 2. The van der Waals surface area contributed by atoms with Crippen molar-refractivity contribution < 1.29 is 0 Å². The first-order valence-corrected chi connectivity index (χ1v) is 8.53. The lowest BCUT2D eigenvalue weighted by Crippen LogP contribution is -2.37. The van der Waals surface area contributed by atoms with Crippen molar-refractivity contribution in [3.63, 3.8) is 0 Å². The van der Waals surface area contributed by atoms with Gasteiger partial charge in [0, 0.05) is 36.9 Å². The predicted octanol–water partition coefficient (Wildman–Crippen LogP) is 2.35. The molecule has 1 aromatic rings. The number of aromatic nitrogens is 2. The molecule has 0 radical (unpaired) electrons. The van der Waals surface area contributed by atoms with E-state index in [2.05, 4.69) is 53.8 Å². The van der Waals surface area contributed by atoms with Crippen molar-refractivity contribution in [1.29, 1.82) is 0 Å². The summed E-state index contributed by atoms with van der Waals surface area (Å²) in [6, 6.07) is 4.51. The van der Waals surface area contributed by atoms with Crippen LogP contribution in [0.15, 0.2) is 6.07 Å². The number of hydrogen-bond acceptors (Lipinski definition) is 3. The fraction of sp³-hybridized carbons (Fsp3) is 0.824. The summed E-state index contributed by atoms with van der Waals surface area (Å²) in [5.41, 5.74) is 2.39. The lowest BCUT2D eigenvalue weighted by atomic mass is 10.1. The maximum Gasteiger partial charge on any atom is 0.0596 e. The summed E-state index contributed by atoms with van der Waals surface area (Å²) in [5.74, 6) is 0.619. The molecule has 0 bridgehead atoms. The Morgan fingerprint density at radius 2 is 2.14 bits per heavy atom. The normalized spacial score (nSPS) is 28.2. The SMILES string of the molecule is Cc1cc(C)n(CC(C)CNC2CC(C)N(C3CC3)C2)n1. The third-order valence-corrected chi connectivity index (χ3v) is 4.98. The van der Waals surface area contributed by atoms with E-state index in [1.54, 1.807) is 0 Å². The highest BCUT2D eigenvalue weighted by molar-refractivity contribution is 5.06. The van der Waals surface area contributed by atoms with Gasteiger partial charge in [-0.25, -0.2) is 0 Å². The summed E-state index contributed by atoms with van der Waals surface area (Å²) in [6.45, 7) is 12.3.